The summed E-state index contributed by atoms with van der Waals surface area (Å²) in [6.07, 6.45) is 0. The van der Waals surface area contributed by atoms with Crippen LogP contribution in [-0.2, 0) is 6.61 Å². The molecule has 0 saturated heterocycles. The summed E-state index contributed by atoms with van der Waals surface area (Å²) >= 11 is 0. The molecule has 0 aliphatic heterocycles. The lowest BCUT2D eigenvalue weighted by molar-refractivity contribution is 0.300. The minimum atomic E-state index is 0.503. The maximum Gasteiger partial charge on any atom is 0.131 e. The first kappa shape index (κ1) is 14.1. The molecule has 0 radical (unpaired) electrons. The Balaban J connectivity index is 2.28. The number of ether oxygens (including phenoxy) is 1. The smallest absolute Gasteiger partial charge is 0.131 e. The molecule has 0 saturated carbocycles. The van der Waals surface area contributed by atoms with Gasteiger partial charge in [-0.3, -0.25) is 0 Å². The van der Waals surface area contributed by atoms with E-state index in [2.05, 4.69) is 24.2 Å². The van der Waals surface area contributed by atoms with Gasteiger partial charge in [0.05, 0.1) is 5.71 Å². The normalized spacial score (nSPS) is 11.4. The third kappa shape index (κ3) is 2.99. The fourth-order valence-electron chi connectivity index (χ4n) is 2.10. The number of nitrogens with zero attached hydrogens (tertiary/aromatic N) is 1. The topological polar surface area (TPSA) is 41.8 Å². The van der Waals surface area contributed by atoms with E-state index < -0.39 is 0 Å². The summed E-state index contributed by atoms with van der Waals surface area (Å²) in [6.45, 7) is 6.32. The van der Waals surface area contributed by atoms with Crippen LogP contribution < -0.4 is 4.74 Å². The van der Waals surface area contributed by atoms with E-state index in [0.29, 0.717) is 12.3 Å². The lowest BCUT2D eigenvalue weighted by Crippen LogP contribution is -2.05. The number of benzene rings is 2. The van der Waals surface area contributed by atoms with Gasteiger partial charge < -0.3 is 9.94 Å². The SMILES string of the molecule is C/C(=N\O)c1cccc(C)c1OCc1ccccc1C. The summed E-state index contributed by atoms with van der Waals surface area (Å²) in [4.78, 5) is 0. The van der Waals surface area contributed by atoms with Gasteiger partial charge in [0, 0.05) is 5.56 Å². The molecule has 2 aromatic rings. The lowest BCUT2D eigenvalue weighted by atomic mass is 10.1. The predicted molar refractivity (Wildman–Crippen MR) is 80.7 cm³/mol. The van der Waals surface area contributed by atoms with E-state index in [9.17, 15) is 0 Å². The Bertz CT molecular complexity index is 633. The van der Waals surface area contributed by atoms with Crippen molar-refractivity contribution < 1.29 is 9.94 Å². The molecule has 0 bridgehead atoms. The second-order valence-electron chi connectivity index (χ2n) is 4.85. The van der Waals surface area contributed by atoms with E-state index in [-0.39, 0.29) is 0 Å². The van der Waals surface area contributed by atoms with Crippen molar-refractivity contribution >= 4 is 5.71 Å². The summed E-state index contributed by atoms with van der Waals surface area (Å²) < 4.78 is 5.97. The highest BCUT2D eigenvalue weighted by Crippen LogP contribution is 2.25. The van der Waals surface area contributed by atoms with Crippen molar-refractivity contribution in [2.24, 2.45) is 5.16 Å². The van der Waals surface area contributed by atoms with Crippen molar-refractivity contribution in [3.05, 3.63) is 64.7 Å². The monoisotopic (exact) mass is 269 g/mol. The molecule has 0 heterocycles. The summed E-state index contributed by atoms with van der Waals surface area (Å²) in [5.41, 5.74) is 4.75. The zero-order chi connectivity index (χ0) is 14.5. The van der Waals surface area contributed by atoms with Crippen LogP contribution in [0, 0.1) is 13.8 Å². The summed E-state index contributed by atoms with van der Waals surface area (Å²) in [6, 6.07) is 14.0. The van der Waals surface area contributed by atoms with Gasteiger partial charge in [-0.05, 0) is 43.5 Å². The van der Waals surface area contributed by atoms with Crippen LogP contribution in [0.3, 0.4) is 0 Å². The van der Waals surface area contributed by atoms with Gasteiger partial charge >= 0.3 is 0 Å². The average molecular weight is 269 g/mol. The largest absolute Gasteiger partial charge is 0.488 e. The van der Waals surface area contributed by atoms with Crippen LogP contribution in [0.15, 0.2) is 47.6 Å². The molecule has 1 N–H and O–H groups in total. The fraction of sp³-hybridized carbons (Fsp3) is 0.235. The number of hydrogen-bond donors (Lipinski definition) is 1. The number of aryl methyl sites for hydroxylation is 2. The van der Waals surface area contributed by atoms with Crippen LogP contribution in [0.1, 0.15) is 29.2 Å². The fourth-order valence-corrected chi connectivity index (χ4v) is 2.10. The van der Waals surface area contributed by atoms with E-state index in [0.717, 1.165) is 22.4 Å². The first-order valence-corrected chi connectivity index (χ1v) is 6.59. The van der Waals surface area contributed by atoms with Crippen LogP contribution >= 0.6 is 0 Å². The van der Waals surface area contributed by atoms with Crippen molar-refractivity contribution in [3.8, 4) is 5.75 Å². The first-order valence-electron chi connectivity index (χ1n) is 6.59. The highest BCUT2D eigenvalue weighted by atomic mass is 16.5. The summed E-state index contributed by atoms with van der Waals surface area (Å²) in [7, 11) is 0. The van der Waals surface area contributed by atoms with Gasteiger partial charge in [0.1, 0.15) is 12.4 Å². The third-order valence-electron chi connectivity index (χ3n) is 3.38. The third-order valence-corrected chi connectivity index (χ3v) is 3.38. The second-order valence-corrected chi connectivity index (χ2v) is 4.85. The molecule has 0 atom stereocenters. The van der Waals surface area contributed by atoms with Gasteiger partial charge in [-0.25, -0.2) is 0 Å². The molecule has 0 fully saturated rings. The lowest BCUT2D eigenvalue weighted by Gasteiger charge is -2.14. The van der Waals surface area contributed by atoms with Crippen LogP contribution in [0.2, 0.25) is 0 Å². The molecule has 20 heavy (non-hydrogen) atoms. The molecule has 3 heteroatoms. The van der Waals surface area contributed by atoms with E-state index in [1.807, 2.05) is 37.3 Å². The maximum atomic E-state index is 8.97. The molecule has 0 amide bonds. The van der Waals surface area contributed by atoms with Gasteiger partial charge in [-0.1, -0.05) is 41.6 Å². The van der Waals surface area contributed by atoms with Crippen molar-refractivity contribution in [2.75, 3.05) is 0 Å². The highest BCUT2D eigenvalue weighted by molar-refractivity contribution is 6.01. The maximum absolute atomic E-state index is 8.97. The molecule has 2 aromatic carbocycles. The number of rotatable bonds is 4. The molecule has 0 unspecified atom stereocenters. The van der Waals surface area contributed by atoms with E-state index in [1.165, 1.54) is 5.56 Å². The Hall–Kier alpha value is -2.29. The minimum Gasteiger partial charge on any atom is -0.488 e. The number of para-hydroxylation sites is 1. The van der Waals surface area contributed by atoms with Crippen molar-refractivity contribution in [1.82, 2.24) is 0 Å². The molecule has 3 nitrogen and oxygen atoms in total. The first-order chi connectivity index (χ1) is 9.63. The van der Waals surface area contributed by atoms with E-state index in [4.69, 9.17) is 9.94 Å². The summed E-state index contributed by atoms with van der Waals surface area (Å²) in [5.74, 6) is 0.769. The van der Waals surface area contributed by atoms with Gasteiger partial charge in [0.25, 0.3) is 0 Å². The quantitative estimate of drug-likeness (QED) is 0.516. The molecular weight excluding hydrogens is 250 g/mol. The molecule has 0 aliphatic carbocycles. The van der Waals surface area contributed by atoms with Crippen LogP contribution in [0.4, 0.5) is 0 Å². The Morgan fingerprint density at radius 3 is 2.45 bits per heavy atom. The van der Waals surface area contributed by atoms with Gasteiger partial charge in [0.2, 0.25) is 0 Å². The Kier molecular flexibility index (Phi) is 4.41. The Morgan fingerprint density at radius 1 is 1.05 bits per heavy atom. The Labute approximate surface area is 119 Å². The predicted octanol–water partition coefficient (Wildman–Crippen LogP) is 4.08. The molecule has 0 aromatic heterocycles. The zero-order valence-electron chi connectivity index (χ0n) is 12.1. The van der Waals surface area contributed by atoms with E-state index >= 15 is 0 Å². The zero-order valence-corrected chi connectivity index (χ0v) is 12.1. The van der Waals surface area contributed by atoms with E-state index in [1.54, 1.807) is 6.92 Å². The number of hydrogen-bond acceptors (Lipinski definition) is 3. The van der Waals surface area contributed by atoms with Gasteiger partial charge in [0.15, 0.2) is 0 Å². The number of oxime groups is 1. The summed E-state index contributed by atoms with van der Waals surface area (Å²) in [5, 5.41) is 12.2. The van der Waals surface area contributed by atoms with Crippen LogP contribution in [0.25, 0.3) is 0 Å². The molecule has 0 spiro atoms. The van der Waals surface area contributed by atoms with Gasteiger partial charge in [-0.15, -0.1) is 0 Å². The molecule has 0 aliphatic rings. The van der Waals surface area contributed by atoms with Crippen LogP contribution in [0.5, 0.6) is 5.75 Å². The molecular formula is C17H19NO2. The van der Waals surface area contributed by atoms with Gasteiger partial charge in [-0.2, -0.15) is 0 Å². The Morgan fingerprint density at radius 2 is 1.75 bits per heavy atom. The standard InChI is InChI=1S/C17H19NO2/c1-12-7-4-5-9-15(12)11-20-17-13(2)8-6-10-16(17)14(3)18-19/h4-10,19H,11H2,1-3H3/b18-14+. The van der Waals surface area contributed by atoms with Crippen LogP contribution in [-0.4, -0.2) is 10.9 Å². The minimum absolute atomic E-state index is 0.503. The van der Waals surface area contributed by atoms with Crippen molar-refractivity contribution in [1.29, 1.82) is 0 Å². The second kappa shape index (κ2) is 6.24. The molecule has 2 rings (SSSR count). The van der Waals surface area contributed by atoms with Crippen molar-refractivity contribution in [3.63, 3.8) is 0 Å². The highest BCUT2D eigenvalue weighted by Gasteiger charge is 2.10. The average Bonchev–Trinajstić information content (AvgIpc) is 2.46. The molecule has 104 valence electrons. The van der Waals surface area contributed by atoms with Crippen molar-refractivity contribution in [2.45, 2.75) is 27.4 Å².